The lowest BCUT2D eigenvalue weighted by Crippen LogP contribution is -2.20. The highest BCUT2D eigenvalue weighted by Crippen LogP contribution is 2.21. The Morgan fingerprint density at radius 3 is 2.59 bits per heavy atom. The Kier molecular flexibility index (Phi) is 5.02. The lowest BCUT2D eigenvalue weighted by Gasteiger charge is -2.11. The summed E-state index contributed by atoms with van der Waals surface area (Å²) in [6.07, 6.45) is 3.20. The van der Waals surface area contributed by atoms with Crippen molar-refractivity contribution in [2.24, 2.45) is 4.40 Å². The van der Waals surface area contributed by atoms with Crippen LogP contribution in [-0.4, -0.2) is 43.6 Å². The molecule has 7 nitrogen and oxygen atoms in total. The molecule has 1 saturated heterocycles. The second kappa shape index (κ2) is 7.63. The maximum absolute atomic E-state index is 12.7. The van der Waals surface area contributed by atoms with Crippen molar-refractivity contribution >= 4 is 38.4 Å². The Balaban J connectivity index is 1.54. The van der Waals surface area contributed by atoms with Crippen LogP contribution in [0.5, 0.6) is 0 Å². The van der Waals surface area contributed by atoms with Crippen LogP contribution >= 0.6 is 0 Å². The van der Waals surface area contributed by atoms with Crippen LogP contribution in [0.15, 0.2) is 70.1 Å². The van der Waals surface area contributed by atoms with Gasteiger partial charge in [0.2, 0.25) is 0 Å². The maximum atomic E-state index is 12.7. The first-order chi connectivity index (χ1) is 13.9. The van der Waals surface area contributed by atoms with Gasteiger partial charge in [-0.25, -0.2) is 0 Å². The predicted octanol–water partition coefficient (Wildman–Crippen LogP) is 3.30. The van der Waals surface area contributed by atoms with E-state index in [4.69, 9.17) is 0 Å². The van der Waals surface area contributed by atoms with E-state index in [0.717, 1.165) is 18.4 Å². The normalized spacial score (nSPS) is 15.8. The summed E-state index contributed by atoms with van der Waals surface area (Å²) in [4.78, 5) is 18.9. The Morgan fingerprint density at radius 2 is 1.86 bits per heavy atom. The maximum Gasteiger partial charge on any atom is 0.283 e. The smallest absolute Gasteiger partial charge is 0.283 e. The quantitative estimate of drug-likeness (QED) is 0.715. The van der Waals surface area contributed by atoms with Crippen LogP contribution < -0.4 is 5.32 Å². The lowest BCUT2D eigenvalue weighted by molar-refractivity contribution is 0.102. The molecule has 1 N–H and O–H groups in total. The Labute approximate surface area is 169 Å². The standard InChI is InChI=1S/C21H20N4O3S/c1-25-14-4-8-19(25)24-29(27,28)17-11-9-16(10-12-17)23-21(26)18-7-2-5-15-6-3-13-22-20(15)18/h2-3,5-7,9-13H,4,8,14H2,1H3,(H,23,26)/b24-19+. The number of benzene rings is 2. The molecule has 8 heteroatoms. The minimum atomic E-state index is -3.78. The summed E-state index contributed by atoms with van der Waals surface area (Å²) < 4.78 is 29.0. The van der Waals surface area contributed by atoms with Gasteiger partial charge < -0.3 is 10.2 Å². The van der Waals surface area contributed by atoms with Crippen LogP contribution in [0.25, 0.3) is 10.9 Å². The fourth-order valence-electron chi connectivity index (χ4n) is 3.30. The summed E-state index contributed by atoms with van der Waals surface area (Å²) in [5, 5.41) is 3.66. The fourth-order valence-corrected chi connectivity index (χ4v) is 4.39. The van der Waals surface area contributed by atoms with Gasteiger partial charge in [-0.1, -0.05) is 18.2 Å². The zero-order valence-corrected chi connectivity index (χ0v) is 16.7. The number of amides is 1. The number of hydrogen-bond acceptors (Lipinski definition) is 4. The number of likely N-dealkylation sites (tertiary alicyclic amines) is 1. The van der Waals surface area contributed by atoms with Crippen molar-refractivity contribution in [1.29, 1.82) is 0 Å². The summed E-state index contributed by atoms with van der Waals surface area (Å²) in [6, 6.07) is 15.1. The van der Waals surface area contributed by atoms with E-state index in [1.54, 1.807) is 30.5 Å². The number of nitrogens with zero attached hydrogens (tertiary/aromatic N) is 3. The number of carbonyl (C=O) groups is 1. The number of fused-ring (bicyclic) bond motifs is 1. The molecule has 4 rings (SSSR count). The van der Waals surface area contributed by atoms with Gasteiger partial charge in [0, 0.05) is 37.3 Å². The highest BCUT2D eigenvalue weighted by Gasteiger charge is 2.20. The first-order valence-electron chi connectivity index (χ1n) is 9.24. The molecule has 1 fully saturated rings. The summed E-state index contributed by atoms with van der Waals surface area (Å²) in [6.45, 7) is 0.808. The molecule has 0 aliphatic carbocycles. The molecule has 1 aliphatic heterocycles. The molecule has 29 heavy (non-hydrogen) atoms. The Morgan fingerprint density at radius 1 is 1.10 bits per heavy atom. The second-order valence-electron chi connectivity index (χ2n) is 6.87. The molecule has 1 aromatic heterocycles. The third-order valence-corrected chi connectivity index (χ3v) is 6.17. The van der Waals surface area contributed by atoms with Crippen molar-refractivity contribution in [3.63, 3.8) is 0 Å². The predicted molar refractivity (Wildman–Crippen MR) is 113 cm³/mol. The molecule has 0 spiro atoms. The van der Waals surface area contributed by atoms with Crippen LogP contribution in [0.1, 0.15) is 23.2 Å². The molecule has 0 saturated carbocycles. The summed E-state index contributed by atoms with van der Waals surface area (Å²) in [5.74, 6) is 0.267. The Bertz CT molecular complexity index is 1200. The van der Waals surface area contributed by atoms with Gasteiger partial charge in [-0.15, -0.1) is 4.40 Å². The third-order valence-electron chi connectivity index (χ3n) is 4.85. The molecule has 0 radical (unpaired) electrons. The third kappa shape index (κ3) is 3.97. The van der Waals surface area contributed by atoms with E-state index in [2.05, 4.69) is 14.7 Å². The monoisotopic (exact) mass is 408 g/mol. The van der Waals surface area contributed by atoms with Crippen molar-refractivity contribution in [3.05, 3.63) is 66.4 Å². The van der Waals surface area contributed by atoms with Crippen molar-refractivity contribution in [1.82, 2.24) is 9.88 Å². The number of aromatic nitrogens is 1. The molecule has 0 unspecified atom stereocenters. The lowest BCUT2D eigenvalue weighted by atomic mass is 10.1. The number of anilines is 1. The largest absolute Gasteiger partial charge is 0.362 e. The van der Waals surface area contributed by atoms with Crippen LogP contribution in [0.3, 0.4) is 0 Å². The average Bonchev–Trinajstić information content (AvgIpc) is 3.11. The second-order valence-corrected chi connectivity index (χ2v) is 8.47. The van der Waals surface area contributed by atoms with Gasteiger partial charge in [-0.05, 0) is 42.8 Å². The van der Waals surface area contributed by atoms with Crippen molar-refractivity contribution in [2.75, 3.05) is 18.9 Å². The number of hydrogen-bond donors (Lipinski definition) is 1. The van der Waals surface area contributed by atoms with E-state index < -0.39 is 10.0 Å². The van der Waals surface area contributed by atoms with Gasteiger partial charge in [0.1, 0.15) is 5.84 Å². The number of rotatable bonds is 4. The number of pyridine rings is 1. The van der Waals surface area contributed by atoms with Gasteiger partial charge in [0.05, 0.1) is 16.0 Å². The molecule has 0 bridgehead atoms. The SMILES string of the molecule is CN1CCC/C1=N\S(=O)(=O)c1ccc(NC(=O)c2cccc3cccnc23)cc1. The summed E-state index contributed by atoms with van der Waals surface area (Å²) >= 11 is 0. The molecule has 2 aromatic carbocycles. The van der Waals surface area contributed by atoms with Gasteiger partial charge in [-0.3, -0.25) is 9.78 Å². The first-order valence-corrected chi connectivity index (χ1v) is 10.7. The highest BCUT2D eigenvalue weighted by molar-refractivity contribution is 7.90. The number of para-hydroxylation sites is 1. The van der Waals surface area contributed by atoms with Crippen LogP contribution in [0.4, 0.5) is 5.69 Å². The summed E-state index contributed by atoms with van der Waals surface area (Å²) in [7, 11) is -1.94. The fraction of sp³-hybridized carbons (Fsp3) is 0.190. The highest BCUT2D eigenvalue weighted by atomic mass is 32.2. The molecule has 3 aromatic rings. The zero-order chi connectivity index (χ0) is 20.4. The van der Waals surface area contributed by atoms with Gasteiger partial charge in [0.15, 0.2) is 0 Å². The van der Waals surface area contributed by atoms with Crippen molar-refractivity contribution < 1.29 is 13.2 Å². The molecule has 0 atom stereocenters. The van der Waals surface area contributed by atoms with Crippen LogP contribution in [-0.2, 0) is 10.0 Å². The van der Waals surface area contributed by atoms with Crippen LogP contribution in [0, 0.1) is 0 Å². The van der Waals surface area contributed by atoms with E-state index in [9.17, 15) is 13.2 Å². The minimum Gasteiger partial charge on any atom is -0.362 e. The van der Waals surface area contributed by atoms with E-state index in [1.807, 2.05) is 30.1 Å². The molecule has 1 aliphatic rings. The summed E-state index contributed by atoms with van der Waals surface area (Å²) in [5.41, 5.74) is 1.56. The number of amidine groups is 1. The minimum absolute atomic E-state index is 0.0927. The van der Waals surface area contributed by atoms with Crippen molar-refractivity contribution in [3.8, 4) is 0 Å². The van der Waals surface area contributed by atoms with Gasteiger partial charge in [-0.2, -0.15) is 8.42 Å². The zero-order valence-electron chi connectivity index (χ0n) is 15.9. The van der Waals surface area contributed by atoms with E-state index in [0.29, 0.717) is 29.0 Å². The number of nitrogens with one attached hydrogen (secondary N) is 1. The van der Waals surface area contributed by atoms with Gasteiger partial charge in [0.25, 0.3) is 15.9 Å². The van der Waals surface area contributed by atoms with E-state index >= 15 is 0 Å². The molecular formula is C21H20N4O3S. The first kappa shape index (κ1) is 19.1. The number of carbonyl (C=O) groups excluding carboxylic acids is 1. The molecule has 1 amide bonds. The number of sulfonamides is 1. The molecule has 2 heterocycles. The van der Waals surface area contributed by atoms with E-state index in [1.165, 1.54) is 12.1 Å². The average molecular weight is 408 g/mol. The van der Waals surface area contributed by atoms with Crippen molar-refractivity contribution in [2.45, 2.75) is 17.7 Å². The Hall–Kier alpha value is -3.26. The molecule has 148 valence electrons. The van der Waals surface area contributed by atoms with Crippen LogP contribution in [0.2, 0.25) is 0 Å². The van der Waals surface area contributed by atoms with Gasteiger partial charge >= 0.3 is 0 Å². The topological polar surface area (TPSA) is 91.7 Å². The van der Waals surface area contributed by atoms with E-state index in [-0.39, 0.29) is 10.8 Å². The molecular weight excluding hydrogens is 388 g/mol.